The molecule has 0 fully saturated rings. The van der Waals surface area contributed by atoms with E-state index in [2.05, 4.69) is 5.10 Å². The van der Waals surface area contributed by atoms with Crippen LogP contribution in [0.25, 0.3) is 0 Å². The Morgan fingerprint density at radius 2 is 1.96 bits per heavy atom. The minimum absolute atomic E-state index is 0.0164. The van der Waals surface area contributed by atoms with Crippen molar-refractivity contribution in [3.05, 3.63) is 29.8 Å². The van der Waals surface area contributed by atoms with Gasteiger partial charge in [-0.25, -0.2) is 0 Å². The molecular weight excluding hydrogens is 337 g/mol. The molecule has 1 aliphatic rings. The lowest BCUT2D eigenvalue weighted by molar-refractivity contribution is -0.297. The van der Waals surface area contributed by atoms with Crippen LogP contribution in [0, 0.1) is 5.92 Å². The summed E-state index contributed by atoms with van der Waals surface area (Å²) in [7, 11) is 1.44. The van der Waals surface area contributed by atoms with Crippen molar-refractivity contribution >= 4 is 11.6 Å². The first kappa shape index (κ1) is 19.2. The molecule has 0 spiro atoms. The third kappa shape index (κ3) is 3.95. The summed E-state index contributed by atoms with van der Waals surface area (Å²) in [6.07, 6.45) is -4.83. The van der Waals surface area contributed by atoms with E-state index in [-0.39, 0.29) is 22.2 Å². The Balaban J connectivity index is 2.32. The molecule has 0 aliphatic carbocycles. The molecule has 0 aromatic heterocycles. The molecule has 1 N–H and O–H groups in total. The molecule has 1 atom stereocenters. The number of benzene rings is 1. The van der Waals surface area contributed by atoms with Gasteiger partial charge in [0.1, 0.15) is 5.75 Å². The Hall–Kier alpha value is -2.09. The molecule has 0 unspecified atom stereocenters. The lowest BCUT2D eigenvalue weighted by Crippen LogP contribution is -2.56. The Kier molecular flexibility index (Phi) is 5.41. The highest BCUT2D eigenvalue weighted by Crippen LogP contribution is 2.41. The van der Waals surface area contributed by atoms with Gasteiger partial charge >= 0.3 is 6.18 Å². The normalized spacial score (nSPS) is 20.8. The van der Waals surface area contributed by atoms with Crippen LogP contribution in [-0.2, 0) is 0 Å². The van der Waals surface area contributed by atoms with Crippen molar-refractivity contribution in [1.82, 2.24) is 5.01 Å². The number of aliphatic hydroxyl groups is 1. The van der Waals surface area contributed by atoms with E-state index in [9.17, 15) is 23.1 Å². The predicted octanol–water partition coefficient (Wildman–Crippen LogP) is 3.58. The summed E-state index contributed by atoms with van der Waals surface area (Å²) in [4.78, 5) is 12.5. The number of amides is 1. The molecule has 0 saturated carbocycles. The Morgan fingerprint density at radius 1 is 1.36 bits per heavy atom. The SMILES string of the molecule is COc1ccc(C(=O)N2N=C(CCC(C)C)C[C@@]2(O)C(F)(F)F)cc1. The van der Waals surface area contributed by atoms with Gasteiger partial charge in [0, 0.05) is 17.7 Å². The monoisotopic (exact) mass is 358 g/mol. The minimum atomic E-state index is -5.02. The van der Waals surface area contributed by atoms with Crippen LogP contribution in [0.5, 0.6) is 5.75 Å². The highest BCUT2D eigenvalue weighted by Gasteiger charge is 2.63. The second-order valence-corrected chi connectivity index (χ2v) is 6.44. The average molecular weight is 358 g/mol. The number of carbonyl (C=O) groups excluding carboxylic acids is 1. The van der Waals surface area contributed by atoms with E-state index in [1.165, 1.54) is 31.4 Å². The number of halogens is 3. The largest absolute Gasteiger partial charge is 0.497 e. The molecule has 1 aliphatic heterocycles. The van der Waals surface area contributed by atoms with Gasteiger partial charge in [-0.15, -0.1) is 0 Å². The fourth-order valence-corrected chi connectivity index (χ4v) is 2.50. The molecule has 1 heterocycles. The van der Waals surface area contributed by atoms with Crippen LogP contribution in [-0.4, -0.2) is 40.7 Å². The van der Waals surface area contributed by atoms with Crippen molar-refractivity contribution < 1.29 is 27.8 Å². The lowest BCUT2D eigenvalue weighted by atomic mass is 9.99. The summed E-state index contributed by atoms with van der Waals surface area (Å²) < 4.78 is 45.2. The molecule has 0 bridgehead atoms. The van der Waals surface area contributed by atoms with Crippen LogP contribution in [0.1, 0.15) is 43.5 Å². The minimum Gasteiger partial charge on any atom is -0.497 e. The van der Waals surface area contributed by atoms with Crippen molar-refractivity contribution in [3.8, 4) is 5.75 Å². The number of hydrogen-bond acceptors (Lipinski definition) is 4. The van der Waals surface area contributed by atoms with Crippen LogP contribution in [0.2, 0.25) is 0 Å². The van der Waals surface area contributed by atoms with Crippen molar-refractivity contribution in [2.75, 3.05) is 7.11 Å². The molecule has 2 rings (SSSR count). The zero-order chi connectivity index (χ0) is 18.8. The molecule has 1 aromatic rings. The van der Waals surface area contributed by atoms with E-state index in [0.717, 1.165) is 0 Å². The van der Waals surface area contributed by atoms with Gasteiger partial charge in [-0.05, 0) is 43.0 Å². The summed E-state index contributed by atoms with van der Waals surface area (Å²) in [5.74, 6) is -0.278. The molecule has 138 valence electrons. The van der Waals surface area contributed by atoms with Gasteiger partial charge in [0.25, 0.3) is 11.6 Å². The van der Waals surface area contributed by atoms with Crippen molar-refractivity contribution in [1.29, 1.82) is 0 Å². The maximum absolute atomic E-state index is 13.4. The standard InChI is InChI=1S/C17H21F3N2O3/c1-11(2)4-7-13-10-16(24,17(18,19)20)22(21-13)15(23)12-5-8-14(25-3)9-6-12/h5-6,8-9,11,24H,4,7,10H2,1-3H3/t16-/m1/s1. The number of ether oxygens (including phenoxy) is 1. The molecule has 25 heavy (non-hydrogen) atoms. The summed E-state index contributed by atoms with van der Waals surface area (Å²) in [5, 5.41) is 14.2. The molecule has 8 heteroatoms. The van der Waals surface area contributed by atoms with Gasteiger partial charge in [-0.2, -0.15) is 23.3 Å². The van der Waals surface area contributed by atoms with Crippen LogP contribution in [0.4, 0.5) is 13.2 Å². The van der Waals surface area contributed by atoms with E-state index < -0.39 is 24.2 Å². The first-order valence-electron chi connectivity index (χ1n) is 7.92. The molecule has 1 amide bonds. The number of nitrogens with zero attached hydrogens (tertiary/aromatic N) is 2. The van der Waals surface area contributed by atoms with E-state index >= 15 is 0 Å². The number of hydrogen-bond donors (Lipinski definition) is 1. The highest BCUT2D eigenvalue weighted by atomic mass is 19.4. The molecule has 1 aromatic carbocycles. The number of carbonyl (C=O) groups is 1. The number of methoxy groups -OCH3 is 1. The predicted molar refractivity (Wildman–Crippen MR) is 86.3 cm³/mol. The topological polar surface area (TPSA) is 62.1 Å². The fraction of sp³-hybridized carbons (Fsp3) is 0.529. The van der Waals surface area contributed by atoms with E-state index in [0.29, 0.717) is 18.6 Å². The van der Waals surface area contributed by atoms with Crippen molar-refractivity contribution in [3.63, 3.8) is 0 Å². The van der Waals surface area contributed by atoms with E-state index in [1.807, 2.05) is 13.8 Å². The van der Waals surface area contributed by atoms with Crippen LogP contribution in [0.3, 0.4) is 0 Å². The van der Waals surface area contributed by atoms with Gasteiger partial charge in [0.2, 0.25) is 0 Å². The lowest BCUT2D eigenvalue weighted by Gasteiger charge is -2.32. The molecular formula is C17H21F3N2O3. The van der Waals surface area contributed by atoms with Crippen LogP contribution in [0.15, 0.2) is 29.4 Å². The van der Waals surface area contributed by atoms with Crippen LogP contribution >= 0.6 is 0 Å². The van der Waals surface area contributed by atoms with Crippen molar-refractivity contribution in [2.24, 2.45) is 11.0 Å². The smallest absolute Gasteiger partial charge is 0.438 e. The first-order chi connectivity index (χ1) is 11.6. The summed E-state index contributed by atoms with van der Waals surface area (Å²) in [5.41, 5.74) is -3.18. The van der Waals surface area contributed by atoms with Gasteiger partial charge in [0.05, 0.1) is 7.11 Å². The highest BCUT2D eigenvalue weighted by molar-refractivity contribution is 5.98. The second-order valence-electron chi connectivity index (χ2n) is 6.44. The van der Waals surface area contributed by atoms with E-state index in [1.54, 1.807) is 0 Å². The summed E-state index contributed by atoms with van der Waals surface area (Å²) in [6.45, 7) is 3.87. The molecule has 0 saturated heterocycles. The Labute approximate surface area is 144 Å². The third-order valence-electron chi connectivity index (χ3n) is 4.04. The first-order valence-corrected chi connectivity index (χ1v) is 7.92. The maximum Gasteiger partial charge on any atom is 0.438 e. The second kappa shape index (κ2) is 7.03. The van der Waals surface area contributed by atoms with Gasteiger partial charge in [-0.1, -0.05) is 13.8 Å². The zero-order valence-electron chi connectivity index (χ0n) is 14.3. The van der Waals surface area contributed by atoms with Crippen LogP contribution < -0.4 is 4.74 Å². The number of alkyl halides is 3. The zero-order valence-corrected chi connectivity index (χ0v) is 14.3. The molecule has 0 radical (unpaired) electrons. The number of rotatable bonds is 5. The van der Waals surface area contributed by atoms with Gasteiger partial charge < -0.3 is 9.84 Å². The van der Waals surface area contributed by atoms with Gasteiger partial charge in [-0.3, -0.25) is 4.79 Å². The molecule has 5 nitrogen and oxygen atoms in total. The Bertz CT molecular complexity index is 656. The summed E-state index contributed by atoms with van der Waals surface area (Å²) in [6, 6.07) is 5.58. The maximum atomic E-state index is 13.4. The Morgan fingerprint density at radius 3 is 2.44 bits per heavy atom. The summed E-state index contributed by atoms with van der Waals surface area (Å²) >= 11 is 0. The average Bonchev–Trinajstić information content (AvgIpc) is 2.90. The quantitative estimate of drug-likeness (QED) is 0.875. The van der Waals surface area contributed by atoms with Crippen molar-refractivity contribution in [2.45, 2.75) is 45.0 Å². The number of hydrazone groups is 1. The van der Waals surface area contributed by atoms with E-state index in [4.69, 9.17) is 4.74 Å². The van der Waals surface area contributed by atoms with Gasteiger partial charge in [0.15, 0.2) is 0 Å². The third-order valence-corrected chi connectivity index (χ3v) is 4.04. The fourth-order valence-electron chi connectivity index (χ4n) is 2.50.